The molecule has 5 heteroatoms. The van der Waals surface area contributed by atoms with Crippen molar-refractivity contribution in [3.05, 3.63) is 42.6 Å². The van der Waals surface area contributed by atoms with E-state index in [0.29, 0.717) is 18.8 Å². The van der Waals surface area contributed by atoms with Crippen molar-refractivity contribution in [2.75, 3.05) is 11.9 Å². The number of ether oxygens (including phenoxy) is 1. The van der Waals surface area contributed by atoms with Crippen LogP contribution in [0.25, 0.3) is 0 Å². The number of anilines is 1. The summed E-state index contributed by atoms with van der Waals surface area (Å²) in [6.07, 6.45) is 1.88. The summed E-state index contributed by atoms with van der Waals surface area (Å²) in [4.78, 5) is 11.5. The molecule has 1 heterocycles. The smallest absolute Gasteiger partial charge is 0.228 e. The Hall–Kier alpha value is -2.30. The van der Waals surface area contributed by atoms with Crippen LogP contribution in [0.4, 0.5) is 5.82 Å². The lowest BCUT2D eigenvalue weighted by Crippen LogP contribution is -2.15. The van der Waals surface area contributed by atoms with Gasteiger partial charge >= 0.3 is 0 Å². The van der Waals surface area contributed by atoms with Crippen LogP contribution < -0.4 is 10.1 Å². The quantitative estimate of drug-likeness (QED) is 0.824. The number of carbonyl (C=O) groups is 1. The molecule has 1 amide bonds. The third-order valence-electron chi connectivity index (χ3n) is 2.12. The van der Waals surface area contributed by atoms with Gasteiger partial charge in [0.1, 0.15) is 11.6 Å². The standard InChI is InChI=1S/C12H13N3O2/c16-12(14-11-6-8-13-15-11)7-9-17-10-4-2-1-3-5-10/h1-6,8H,7,9H2,(H2,13,14,15,16). The molecule has 1 aromatic carbocycles. The number of rotatable bonds is 5. The minimum Gasteiger partial charge on any atom is -0.493 e. The number of hydrogen-bond acceptors (Lipinski definition) is 3. The van der Waals surface area contributed by atoms with E-state index in [-0.39, 0.29) is 5.91 Å². The van der Waals surface area contributed by atoms with Gasteiger partial charge in [-0.25, -0.2) is 0 Å². The molecule has 0 aliphatic heterocycles. The van der Waals surface area contributed by atoms with Crippen LogP contribution in [0.1, 0.15) is 6.42 Å². The van der Waals surface area contributed by atoms with Crippen LogP contribution >= 0.6 is 0 Å². The number of aromatic amines is 1. The van der Waals surface area contributed by atoms with Gasteiger partial charge in [0.05, 0.1) is 19.2 Å². The Bertz CT molecular complexity index is 454. The molecule has 17 heavy (non-hydrogen) atoms. The average molecular weight is 231 g/mol. The van der Waals surface area contributed by atoms with Gasteiger partial charge in [-0.05, 0) is 12.1 Å². The summed E-state index contributed by atoms with van der Waals surface area (Å²) in [7, 11) is 0. The van der Waals surface area contributed by atoms with Gasteiger partial charge in [-0.1, -0.05) is 18.2 Å². The molecule has 2 N–H and O–H groups in total. The Labute approximate surface area is 98.8 Å². The molecule has 0 atom stereocenters. The second-order valence-corrected chi connectivity index (χ2v) is 3.43. The molecule has 0 unspecified atom stereocenters. The van der Waals surface area contributed by atoms with E-state index in [1.165, 1.54) is 0 Å². The number of benzene rings is 1. The molecule has 88 valence electrons. The Morgan fingerprint density at radius 1 is 1.29 bits per heavy atom. The van der Waals surface area contributed by atoms with Gasteiger partial charge in [0, 0.05) is 6.07 Å². The molecule has 1 aromatic heterocycles. The lowest BCUT2D eigenvalue weighted by atomic mass is 10.3. The van der Waals surface area contributed by atoms with Crippen molar-refractivity contribution in [2.45, 2.75) is 6.42 Å². The highest BCUT2D eigenvalue weighted by Gasteiger charge is 2.03. The maximum Gasteiger partial charge on any atom is 0.228 e. The maximum atomic E-state index is 11.5. The molecule has 2 aromatic rings. The van der Waals surface area contributed by atoms with Crippen molar-refractivity contribution >= 4 is 11.7 Å². The van der Waals surface area contributed by atoms with Gasteiger partial charge in [0.25, 0.3) is 0 Å². The maximum absolute atomic E-state index is 11.5. The van der Waals surface area contributed by atoms with Crippen molar-refractivity contribution in [3.8, 4) is 5.75 Å². The van der Waals surface area contributed by atoms with Crippen molar-refractivity contribution < 1.29 is 9.53 Å². The molecule has 0 radical (unpaired) electrons. The second kappa shape index (κ2) is 5.69. The SMILES string of the molecule is O=C(CCOc1ccccc1)Nc1ccn[nH]1. The monoisotopic (exact) mass is 231 g/mol. The average Bonchev–Trinajstić information content (AvgIpc) is 2.83. The van der Waals surface area contributed by atoms with Gasteiger partial charge < -0.3 is 10.1 Å². The fraction of sp³-hybridized carbons (Fsp3) is 0.167. The Morgan fingerprint density at radius 3 is 2.82 bits per heavy atom. The Morgan fingerprint density at radius 2 is 2.12 bits per heavy atom. The highest BCUT2D eigenvalue weighted by atomic mass is 16.5. The highest BCUT2D eigenvalue weighted by Crippen LogP contribution is 2.08. The Kier molecular flexibility index (Phi) is 3.75. The molecule has 0 spiro atoms. The van der Waals surface area contributed by atoms with Crippen molar-refractivity contribution in [1.82, 2.24) is 10.2 Å². The van der Waals surface area contributed by atoms with Crippen LogP contribution in [0, 0.1) is 0 Å². The fourth-order valence-electron chi connectivity index (χ4n) is 1.32. The summed E-state index contributed by atoms with van der Waals surface area (Å²) < 4.78 is 5.41. The Balaban J connectivity index is 1.70. The molecule has 0 aliphatic rings. The van der Waals surface area contributed by atoms with E-state index in [2.05, 4.69) is 15.5 Å². The number of H-pyrrole nitrogens is 1. The number of carbonyl (C=O) groups excluding carboxylic acids is 1. The number of aromatic nitrogens is 2. The zero-order valence-electron chi connectivity index (χ0n) is 9.22. The molecule has 0 aliphatic carbocycles. The molecular weight excluding hydrogens is 218 g/mol. The summed E-state index contributed by atoms with van der Waals surface area (Å²) in [5.41, 5.74) is 0. The molecule has 2 rings (SSSR count). The minimum atomic E-state index is -0.106. The third kappa shape index (κ3) is 3.64. The fourth-order valence-corrected chi connectivity index (χ4v) is 1.32. The van der Waals surface area contributed by atoms with Gasteiger partial charge in [-0.3, -0.25) is 9.89 Å². The van der Waals surface area contributed by atoms with E-state index in [0.717, 1.165) is 5.75 Å². The topological polar surface area (TPSA) is 67.0 Å². The predicted molar refractivity (Wildman–Crippen MR) is 63.8 cm³/mol. The lowest BCUT2D eigenvalue weighted by molar-refractivity contribution is -0.116. The molecule has 5 nitrogen and oxygen atoms in total. The van der Waals surface area contributed by atoms with Gasteiger partial charge in [-0.2, -0.15) is 5.10 Å². The van der Waals surface area contributed by atoms with Crippen molar-refractivity contribution in [1.29, 1.82) is 0 Å². The molecular formula is C12H13N3O2. The number of nitrogens with one attached hydrogen (secondary N) is 2. The first-order valence-corrected chi connectivity index (χ1v) is 5.31. The van der Waals surface area contributed by atoms with Crippen molar-refractivity contribution in [3.63, 3.8) is 0 Å². The molecule has 0 bridgehead atoms. The zero-order valence-corrected chi connectivity index (χ0v) is 9.22. The van der Waals surface area contributed by atoms with E-state index < -0.39 is 0 Å². The minimum absolute atomic E-state index is 0.106. The van der Waals surface area contributed by atoms with E-state index in [9.17, 15) is 4.79 Å². The summed E-state index contributed by atoms with van der Waals surface area (Å²) in [6, 6.07) is 11.1. The van der Waals surface area contributed by atoms with Gasteiger partial charge in [-0.15, -0.1) is 0 Å². The van der Waals surface area contributed by atoms with Crippen LogP contribution in [-0.4, -0.2) is 22.7 Å². The molecule has 0 saturated heterocycles. The zero-order chi connectivity index (χ0) is 11.9. The number of hydrogen-bond donors (Lipinski definition) is 2. The van der Waals surface area contributed by atoms with E-state index in [1.807, 2.05) is 30.3 Å². The van der Waals surface area contributed by atoms with Crippen molar-refractivity contribution in [2.24, 2.45) is 0 Å². The van der Waals surface area contributed by atoms with E-state index >= 15 is 0 Å². The van der Waals surface area contributed by atoms with Crippen LogP contribution in [0.15, 0.2) is 42.6 Å². The summed E-state index contributed by atoms with van der Waals surface area (Å²) in [5, 5.41) is 9.06. The normalized spacial score (nSPS) is 9.88. The van der Waals surface area contributed by atoms with E-state index in [1.54, 1.807) is 12.3 Å². The van der Waals surface area contributed by atoms with Crippen LogP contribution in [0.5, 0.6) is 5.75 Å². The summed E-state index contributed by atoms with van der Waals surface area (Å²) >= 11 is 0. The summed E-state index contributed by atoms with van der Waals surface area (Å²) in [5.74, 6) is 1.25. The third-order valence-corrected chi connectivity index (χ3v) is 2.12. The number of amides is 1. The van der Waals surface area contributed by atoms with Crippen LogP contribution in [0.3, 0.4) is 0 Å². The molecule has 0 fully saturated rings. The first-order valence-electron chi connectivity index (χ1n) is 5.31. The number of para-hydroxylation sites is 1. The van der Waals surface area contributed by atoms with Crippen LogP contribution in [-0.2, 0) is 4.79 Å². The van der Waals surface area contributed by atoms with Gasteiger partial charge in [0.2, 0.25) is 5.91 Å². The number of nitrogens with zero attached hydrogens (tertiary/aromatic N) is 1. The summed E-state index contributed by atoms with van der Waals surface area (Å²) in [6.45, 7) is 0.351. The predicted octanol–water partition coefficient (Wildman–Crippen LogP) is 1.82. The first-order chi connectivity index (χ1) is 8.34. The van der Waals surface area contributed by atoms with Gasteiger partial charge in [0.15, 0.2) is 0 Å². The largest absolute Gasteiger partial charge is 0.493 e. The first kappa shape index (κ1) is 11.2. The lowest BCUT2D eigenvalue weighted by Gasteiger charge is -2.05. The van der Waals surface area contributed by atoms with E-state index in [4.69, 9.17) is 4.74 Å². The van der Waals surface area contributed by atoms with Crippen LogP contribution in [0.2, 0.25) is 0 Å². The highest BCUT2D eigenvalue weighted by molar-refractivity contribution is 5.89. The molecule has 0 saturated carbocycles. The second-order valence-electron chi connectivity index (χ2n) is 3.43.